The molecular formula is C9H20N2O3S. The van der Waals surface area contributed by atoms with Crippen LogP contribution < -0.4 is 10.0 Å². The second-order valence-electron chi connectivity index (χ2n) is 3.88. The predicted octanol–water partition coefficient (Wildman–Crippen LogP) is -0.307. The largest absolute Gasteiger partial charge is 0.377 e. The Morgan fingerprint density at radius 1 is 1.53 bits per heavy atom. The van der Waals surface area contributed by atoms with Crippen LogP contribution in [0.4, 0.5) is 0 Å². The highest BCUT2D eigenvalue weighted by atomic mass is 32.2. The highest BCUT2D eigenvalue weighted by Crippen LogP contribution is 2.15. The van der Waals surface area contributed by atoms with Gasteiger partial charge in [-0.05, 0) is 26.8 Å². The highest BCUT2D eigenvalue weighted by Gasteiger charge is 2.25. The van der Waals surface area contributed by atoms with Gasteiger partial charge in [0.05, 0.1) is 11.9 Å². The molecule has 0 saturated carbocycles. The summed E-state index contributed by atoms with van der Waals surface area (Å²) in [6.45, 7) is 3.06. The summed E-state index contributed by atoms with van der Waals surface area (Å²) in [6, 6.07) is -0.130. The van der Waals surface area contributed by atoms with Crippen molar-refractivity contribution in [3.05, 3.63) is 0 Å². The van der Waals surface area contributed by atoms with Crippen LogP contribution in [-0.4, -0.2) is 46.5 Å². The van der Waals surface area contributed by atoms with Gasteiger partial charge in [-0.3, -0.25) is 0 Å². The Bertz CT molecular complexity index is 273. The lowest BCUT2D eigenvalue weighted by Crippen LogP contribution is -2.43. The minimum atomic E-state index is -3.17. The van der Waals surface area contributed by atoms with Crippen LogP contribution in [-0.2, 0) is 14.8 Å². The van der Waals surface area contributed by atoms with Crippen LogP contribution >= 0.6 is 0 Å². The minimum absolute atomic E-state index is 0.0364. The summed E-state index contributed by atoms with van der Waals surface area (Å²) in [5.74, 6) is 0.112. The Kier molecular flexibility index (Phi) is 4.98. The molecule has 1 fully saturated rings. The monoisotopic (exact) mass is 236 g/mol. The van der Waals surface area contributed by atoms with Crippen molar-refractivity contribution < 1.29 is 13.2 Å². The van der Waals surface area contributed by atoms with Gasteiger partial charge in [0, 0.05) is 19.2 Å². The third kappa shape index (κ3) is 4.46. The third-order valence-electron chi connectivity index (χ3n) is 2.51. The van der Waals surface area contributed by atoms with E-state index in [2.05, 4.69) is 10.0 Å². The topological polar surface area (TPSA) is 67.4 Å². The Morgan fingerprint density at radius 2 is 2.27 bits per heavy atom. The Balaban J connectivity index is 2.38. The van der Waals surface area contributed by atoms with Gasteiger partial charge in [0.2, 0.25) is 10.0 Å². The van der Waals surface area contributed by atoms with Crippen molar-refractivity contribution in [2.75, 3.05) is 26.0 Å². The van der Waals surface area contributed by atoms with Crippen molar-refractivity contribution in [3.8, 4) is 0 Å². The third-order valence-corrected chi connectivity index (χ3v) is 3.98. The number of hydrogen-bond donors (Lipinski definition) is 2. The molecule has 2 atom stereocenters. The summed E-state index contributed by atoms with van der Waals surface area (Å²) in [7, 11) is -1.44. The fourth-order valence-corrected chi connectivity index (χ4v) is 2.96. The van der Waals surface area contributed by atoms with E-state index in [1.807, 2.05) is 6.92 Å². The molecule has 0 amide bonds. The van der Waals surface area contributed by atoms with Gasteiger partial charge in [0.25, 0.3) is 0 Å². The van der Waals surface area contributed by atoms with Crippen LogP contribution in [0.25, 0.3) is 0 Å². The van der Waals surface area contributed by atoms with E-state index in [0.29, 0.717) is 6.54 Å². The SMILES string of the molecule is CNCCS(=O)(=O)NC(C)C1CCCO1. The highest BCUT2D eigenvalue weighted by molar-refractivity contribution is 7.89. The minimum Gasteiger partial charge on any atom is -0.377 e. The quantitative estimate of drug-likeness (QED) is 0.664. The lowest BCUT2D eigenvalue weighted by atomic mass is 10.1. The van der Waals surface area contributed by atoms with Crippen molar-refractivity contribution >= 4 is 10.0 Å². The van der Waals surface area contributed by atoms with Crippen molar-refractivity contribution in [2.45, 2.75) is 31.9 Å². The standard InChI is InChI=1S/C9H20N2O3S/c1-8(9-4-3-6-14-9)11-15(12,13)7-5-10-2/h8-11H,3-7H2,1-2H3. The van der Waals surface area contributed by atoms with Crippen LogP contribution in [0.15, 0.2) is 0 Å². The van der Waals surface area contributed by atoms with Gasteiger partial charge >= 0.3 is 0 Å². The van der Waals surface area contributed by atoms with Gasteiger partial charge < -0.3 is 10.1 Å². The molecule has 2 unspecified atom stereocenters. The van der Waals surface area contributed by atoms with Crippen molar-refractivity contribution in [3.63, 3.8) is 0 Å². The van der Waals surface area contributed by atoms with Crippen molar-refractivity contribution in [1.82, 2.24) is 10.0 Å². The van der Waals surface area contributed by atoms with E-state index in [9.17, 15) is 8.42 Å². The second-order valence-corrected chi connectivity index (χ2v) is 5.75. The summed E-state index contributed by atoms with van der Waals surface area (Å²) in [6.07, 6.45) is 2.00. The number of nitrogens with one attached hydrogen (secondary N) is 2. The Morgan fingerprint density at radius 3 is 2.80 bits per heavy atom. The van der Waals surface area contributed by atoms with Crippen LogP contribution in [0.2, 0.25) is 0 Å². The molecule has 0 aromatic carbocycles. The van der Waals surface area contributed by atoms with Crippen LogP contribution in [0, 0.1) is 0 Å². The van der Waals surface area contributed by atoms with Crippen molar-refractivity contribution in [2.24, 2.45) is 0 Å². The zero-order valence-corrected chi connectivity index (χ0v) is 10.1. The molecule has 90 valence electrons. The van der Waals surface area contributed by atoms with Crippen LogP contribution in [0.1, 0.15) is 19.8 Å². The van der Waals surface area contributed by atoms with Gasteiger partial charge in [-0.2, -0.15) is 0 Å². The average Bonchev–Trinajstić information content (AvgIpc) is 2.67. The molecular weight excluding hydrogens is 216 g/mol. The summed E-state index contributed by atoms with van der Waals surface area (Å²) in [5.41, 5.74) is 0. The van der Waals surface area contributed by atoms with E-state index in [1.165, 1.54) is 0 Å². The number of hydrogen-bond acceptors (Lipinski definition) is 4. The maximum atomic E-state index is 11.5. The van der Waals surface area contributed by atoms with Gasteiger partial charge in [0.1, 0.15) is 0 Å². The summed E-state index contributed by atoms with van der Waals surface area (Å²) in [5, 5.41) is 2.82. The van der Waals surface area contributed by atoms with E-state index in [0.717, 1.165) is 19.4 Å². The first kappa shape index (κ1) is 12.9. The first-order valence-corrected chi connectivity index (χ1v) is 6.96. The molecule has 1 rings (SSSR count). The van der Waals surface area contributed by atoms with Gasteiger partial charge in [-0.1, -0.05) is 0 Å². The molecule has 2 N–H and O–H groups in total. The molecule has 0 aliphatic carbocycles. The first-order chi connectivity index (χ1) is 7.05. The first-order valence-electron chi connectivity index (χ1n) is 5.31. The van der Waals surface area contributed by atoms with Gasteiger partial charge in [-0.15, -0.1) is 0 Å². The molecule has 15 heavy (non-hydrogen) atoms. The number of ether oxygens (including phenoxy) is 1. The lowest BCUT2D eigenvalue weighted by Gasteiger charge is -2.19. The van der Waals surface area contributed by atoms with Crippen LogP contribution in [0.5, 0.6) is 0 Å². The molecule has 1 aliphatic rings. The molecule has 0 radical (unpaired) electrons. The molecule has 6 heteroatoms. The van der Waals surface area contributed by atoms with E-state index in [-0.39, 0.29) is 17.9 Å². The van der Waals surface area contributed by atoms with E-state index >= 15 is 0 Å². The number of rotatable bonds is 6. The summed E-state index contributed by atoms with van der Waals surface area (Å²) >= 11 is 0. The molecule has 0 aromatic rings. The molecule has 5 nitrogen and oxygen atoms in total. The normalized spacial score (nSPS) is 24.3. The molecule has 1 aliphatic heterocycles. The van der Waals surface area contributed by atoms with Crippen LogP contribution in [0.3, 0.4) is 0 Å². The Labute approximate surface area is 91.6 Å². The zero-order chi connectivity index (χ0) is 11.3. The van der Waals surface area contributed by atoms with E-state index in [1.54, 1.807) is 7.05 Å². The van der Waals surface area contributed by atoms with Crippen molar-refractivity contribution in [1.29, 1.82) is 0 Å². The lowest BCUT2D eigenvalue weighted by molar-refractivity contribution is 0.0902. The van der Waals surface area contributed by atoms with Gasteiger partial charge in [0.15, 0.2) is 0 Å². The molecule has 0 aromatic heterocycles. The fraction of sp³-hybridized carbons (Fsp3) is 1.00. The maximum absolute atomic E-state index is 11.5. The zero-order valence-electron chi connectivity index (χ0n) is 9.32. The summed E-state index contributed by atoms with van der Waals surface area (Å²) < 4.78 is 31.2. The van der Waals surface area contributed by atoms with E-state index < -0.39 is 10.0 Å². The molecule has 0 spiro atoms. The maximum Gasteiger partial charge on any atom is 0.213 e. The number of sulfonamides is 1. The summed E-state index contributed by atoms with van der Waals surface area (Å²) in [4.78, 5) is 0. The average molecular weight is 236 g/mol. The second kappa shape index (κ2) is 5.79. The predicted molar refractivity (Wildman–Crippen MR) is 59.3 cm³/mol. The fourth-order valence-electron chi connectivity index (χ4n) is 1.65. The molecule has 1 heterocycles. The molecule has 1 saturated heterocycles. The Hall–Kier alpha value is -0.170. The van der Waals surface area contributed by atoms with Gasteiger partial charge in [-0.25, -0.2) is 13.1 Å². The smallest absolute Gasteiger partial charge is 0.213 e. The molecule has 0 bridgehead atoms. The van der Waals surface area contributed by atoms with E-state index in [4.69, 9.17) is 4.74 Å².